The van der Waals surface area contributed by atoms with E-state index in [2.05, 4.69) is 0 Å². The van der Waals surface area contributed by atoms with Crippen LogP contribution in [0.2, 0.25) is 5.02 Å². The first kappa shape index (κ1) is 16.6. The SMILES string of the molecule is CCCCOC(=O)COc1c(CO)cc(Cl)cc1OC. The lowest BCUT2D eigenvalue weighted by atomic mass is 10.2. The second-order valence-electron chi connectivity index (χ2n) is 4.12. The maximum Gasteiger partial charge on any atom is 0.344 e. The van der Waals surface area contributed by atoms with Crippen molar-refractivity contribution in [1.29, 1.82) is 0 Å². The molecule has 0 radical (unpaired) electrons. The molecule has 20 heavy (non-hydrogen) atoms. The molecule has 0 saturated heterocycles. The number of rotatable bonds is 8. The zero-order valence-electron chi connectivity index (χ0n) is 11.6. The van der Waals surface area contributed by atoms with Gasteiger partial charge >= 0.3 is 5.97 Å². The third kappa shape index (κ3) is 4.90. The number of halogens is 1. The first-order chi connectivity index (χ1) is 9.62. The van der Waals surface area contributed by atoms with Crippen molar-refractivity contribution < 1.29 is 24.1 Å². The predicted molar refractivity (Wildman–Crippen MR) is 75.3 cm³/mol. The fraction of sp³-hybridized carbons (Fsp3) is 0.500. The van der Waals surface area contributed by atoms with Gasteiger partial charge in [0.1, 0.15) is 0 Å². The molecule has 0 aliphatic rings. The summed E-state index contributed by atoms with van der Waals surface area (Å²) in [6.45, 7) is 1.88. The van der Waals surface area contributed by atoms with E-state index in [-0.39, 0.29) is 13.2 Å². The third-order valence-corrected chi connectivity index (χ3v) is 2.80. The summed E-state index contributed by atoms with van der Waals surface area (Å²) in [7, 11) is 1.46. The van der Waals surface area contributed by atoms with Crippen LogP contribution in [0.3, 0.4) is 0 Å². The zero-order chi connectivity index (χ0) is 15.0. The fourth-order valence-corrected chi connectivity index (χ4v) is 1.79. The van der Waals surface area contributed by atoms with Gasteiger partial charge in [-0.05, 0) is 12.5 Å². The Balaban J connectivity index is 2.69. The van der Waals surface area contributed by atoms with Crippen molar-refractivity contribution in [3.8, 4) is 11.5 Å². The Labute approximate surface area is 123 Å². The Hall–Kier alpha value is -1.46. The molecule has 0 aliphatic heterocycles. The Bertz CT molecular complexity index is 422. The number of aliphatic hydroxyl groups excluding tert-OH is 1. The van der Waals surface area contributed by atoms with E-state index in [4.69, 9.17) is 25.8 Å². The van der Waals surface area contributed by atoms with Gasteiger partial charge in [-0.25, -0.2) is 4.79 Å². The largest absolute Gasteiger partial charge is 0.493 e. The summed E-state index contributed by atoms with van der Waals surface area (Å²) in [5.41, 5.74) is 0.454. The molecule has 0 spiro atoms. The van der Waals surface area contributed by atoms with Crippen LogP contribution < -0.4 is 9.47 Å². The van der Waals surface area contributed by atoms with Gasteiger partial charge in [-0.15, -0.1) is 0 Å². The molecule has 1 N–H and O–H groups in total. The van der Waals surface area contributed by atoms with Crippen LogP contribution >= 0.6 is 11.6 Å². The summed E-state index contributed by atoms with van der Waals surface area (Å²) in [6, 6.07) is 3.11. The monoisotopic (exact) mass is 302 g/mol. The second-order valence-corrected chi connectivity index (χ2v) is 4.55. The Kier molecular flexibility index (Phi) is 7.18. The minimum absolute atomic E-state index is 0.241. The second kappa shape index (κ2) is 8.66. The first-order valence-electron chi connectivity index (χ1n) is 6.38. The van der Waals surface area contributed by atoms with Gasteiger partial charge in [-0.3, -0.25) is 0 Å². The molecule has 0 bridgehead atoms. The van der Waals surface area contributed by atoms with E-state index in [9.17, 15) is 9.90 Å². The number of benzene rings is 1. The standard InChI is InChI=1S/C14H19ClO5/c1-3-4-5-19-13(17)9-20-14-10(8-16)6-11(15)7-12(14)18-2/h6-7,16H,3-5,8-9H2,1-2H3. The van der Waals surface area contributed by atoms with Crippen LogP contribution in [0.5, 0.6) is 11.5 Å². The fourth-order valence-electron chi connectivity index (χ4n) is 1.56. The topological polar surface area (TPSA) is 65.0 Å². The van der Waals surface area contributed by atoms with Crippen LogP contribution in [-0.4, -0.2) is 31.4 Å². The number of hydrogen-bond donors (Lipinski definition) is 1. The molecule has 0 heterocycles. The van der Waals surface area contributed by atoms with E-state index in [0.717, 1.165) is 12.8 Å². The van der Waals surface area contributed by atoms with Crippen molar-refractivity contribution in [2.75, 3.05) is 20.3 Å². The highest BCUT2D eigenvalue weighted by molar-refractivity contribution is 6.30. The molecule has 0 fully saturated rings. The number of unbranched alkanes of at least 4 members (excludes halogenated alkanes) is 1. The Morgan fingerprint density at radius 2 is 2.15 bits per heavy atom. The minimum atomic E-state index is -0.459. The number of esters is 1. The molecule has 1 aromatic carbocycles. The Morgan fingerprint density at radius 1 is 1.40 bits per heavy atom. The lowest BCUT2D eigenvalue weighted by Gasteiger charge is -2.14. The summed E-state index contributed by atoms with van der Waals surface area (Å²) in [6.07, 6.45) is 1.77. The van der Waals surface area contributed by atoms with Crippen molar-refractivity contribution >= 4 is 17.6 Å². The molecule has 0 unspecified atom stereocenters. The van der Waals surface area contributed by atoms with Gasteiger partial charge in [0.25, 0.3) is 0 Å². The van der Waals surface area contributed by atoms with E-state index < -0.39 is 5.97 Å². The summed E-state index contributed by atoms with van der Waals surface area (Å²) < 4.78 is 15.5. The molecule has 0 saturated carbocycles. The normalized spacial score (nSPS) is 10.2. The molecule has 112 valence electrons. The highest BCUT2D eigenvalue weighted by atomic mass is 35.5. The molecular weight excluding hydrogens is 284 g/mol. The maximum absolute atomic E-state index is 11.5. The first-order valence-corrected chi connectivity index (χ1v) is 6.75. The van der Waals surface area contributed by atoms with Crippen LogP contribution in [0, 0.1) is 0 Å². The Morgan fingerprint density at radius 3 is 2.75 bits per heavy atom. The third-order valence-electron chi connectivity index (χ3n) is 2.58. The molecule has 1 aromatic rings. The summed E-state index contributed by atoms with van der Waals surface area (Å²) in [4.78, 5) is 11.5. The number of methoxy groups -OCH3 is 1. The van der Waals surface area contributed by atoms with Crippen LogP contribution in [0.25, 0.3) is 0 Å². The quantitative estimate of drug-likeness (QED) is 0.590. The van der Waals surface area contributed by atoms with Gasteiger partial charge < -0.3 is 19.3 Å². The summed E-state index contributed by atoms with van der Waals surface area (Å²) in [5, 5.41) is 9.71. The number of carbonyl (C=O) groups is 1. The highest BCUT2D eigenvalue weighted by Crippen LogP contribution is 2.34. The van der Waals surface area contributed by atoms with Gasteiger partial charge in [0.2, 0.25) is 0 Å². The smallest absolute Gasteiger partial charge is 0.344 e. The number of aliphatic hydroxyl groups is 1. The van der Waals surface area contributed by atoms with Crippen LogP contribution in [0.1, 0.15) is 25.3 Å². The predicted octanol–water partition coefficient (Wildman–Crippen LogP) is 2.56. The molecule has 0 atom stereocenters. The molecule has 0 aromatic heterocycles. The van der Waals surface area contributed by atoms with Crippen LogP contribution in [0.15, 0.2) is 12.1 Å². The van der Waals surface area contributed by atoms with E-state index >= 15 is 0 Å². The number of hydrogen-bond acceptors (Lipinski definition) is 5. The molecular formula is C14H19ClO5. The lowest BCUT2D eigenvalue weighted by Crippen LogP contribution is -2.16. The van der Waals surface area contributed by atoms with Crippen molar-refractivity contribution in [3.63, 3.8) is 0 Å². The van der Waals surface area contributed by atoms with Crippen molar-refractivity contribution in [2.24, 2.45) is 0 Å². The van der Waals surface area contributed by atoms with Crippen molar-refractivity contribution in [3.05, 3.63) is 22.7 Å². The van der Waals surface area contributed by atoms with Gasteiger partial charge in [-0.1, -0.05) is 24.9 Å². The van der Waals surface area contributed by atoms with E-state index in [1.165, 1.54) is 7.11 Å². The minimum Gasteiger partial charge on any atom is -0.493 e. The average molecular weight is 303 g/mol. The van der Waals surface area contributed by atoms with E-state index in [1.54, 1.807) is 12.1 Å². The molecule has 1 rings (SSSR count). The van der Waals surface area contributed by atoms with E-state index in [0.29, 0.717) is 28.7 Å². The summed E-state index contributed by atoms with van der Waals surface area (Å²) >= 11 is 5.89. The van der Waals surface area contributed by atoms with Gasteiger partial charge in [0, 0.05) is 16.7 Å². The summed E-state index contributed by atoms with van der Waals surface area (Å²) in [5.74, 6) is 0.203. The van der Waals surface area contributed by atoms with Crippen LogP contribution in [-0.2, 0) is 16.1 Å². The van der Waals surface area contributed by atoms with Gasteiger partial charge in [0.05, 0.1) is 20.3 Å². The van der Waals surface area contributed by atoms with Gasteiger partial charge in [-0.2, -0.15) is 0 Å². The average Bonchev–Trinajstić information content (AvgIpc) is 2.45. The molecule has 0 amide bonds. The highest BCUT2D eigenvalue weighted by Gasteiger charge is 2.14. The van der Waals surface area contributed by atoms with Crippen molar-refractivity contribution in [2.45, 2.75) is 26.4 Å². The number of ether oxygens (including phenoxy) is 3. The molecule has 5 nitrogen and oxygen atoms in total. The molecule has 0 aliphatic carbocycles. The van der Waals surface area contributed by atoms with Gasteiger partial charge in [0.15, 0.2) is 18.1 Å². The zero-order valence-corrected chi connectivity index (χ0v) is 12.4. The maximum atomic E-state index is 11.5. The number of carbonyl (C=O) groups excluding carboxylic acids is 1. The van der Waals surface area contributed by atoms with E-state index in [1.807, 2.05) is 6.92 Å². The van der Waals surface area contributed by atoms with Crippen LogP contribution in [0.4, 0.5) is 0 Å². The van der Waals surface area contributed by atoms with Crippen molar-refractivity contribution in [1.82, 2.24) is 0 Å². The molecule has 6 heteroatoms. The lowest BCUT2D eigenvalue weighted by molar-refractivity contribution is -0.146.